The first-order valence-corrected chi connectivity index (χ1v) is 10.0. The Morgan fingerprint density at radius 2 is 1.56 bits per heavy atom. The van der Waals surface area contributed by atoms with Gasteiger partial charge < -0.3 is 10.5 Å². The van der Waals surface area contributed by atoms with E-state index in [0.717, 1.165) is 27.3 Å². The number of hydrogen-bond donors (Lipinski definition) is 1. The van der Waals surface area contributed by atoms with Gasteiger partial charge in [-0.25, -0.2) is 0 Å². The highest BCUT2D eigenvalue weighted by atomic mass is 79.9. The van der Waals surface area contributed by atoms with E-state index in [1.807, 2.05) is 66.7 Å². The summed E-state index contributed by atoms with van der Waals surface area (Å²) in [7, 11) is 0. The van der Waals surface area contributed by atoms with Gasteiger partial charge in [0, 0.05) is 10.2 Å². The van der Waals surface area contributed by atoms with Crippen LogP contribution in [0.3, 0.4) is 0 Å². The Morgan fingerprint density at radius 3 is 2.22 bits per heavy atom. The SMILES string of the molecule is NC(=NN=Cc1ccc(Oc2ccc(Br)cc2)cc1)SCc1ccccc1. The molecule has 6 heteroatoms. The van der Waals surface area contributed by atoms with Crippen LogP contribution in [0.1, 0.15) is 11.1 Å². The van der Waals surface area contributed by atoms with Crippen molar-refractivity contribution in [3.8, 4) is 11.5 Å². The predicted molar refractivity (Wildman–Crippen MR) is 118 cm³/mol. The molecule has 0 bridgehead atoms. The van der Waals surface area contributed by atoms with Gasteiger partial charge in [-0.2, -0.15) is 5.10 Å². The second-order valence-electron chi connectivity index (χ2n) is 5.58. The molecule has 0 amide bonds. The predicted octanol–water partition coefficient (Wildman–Crippen LogP) is 5.82. The van der Waals surface area contributed by atoms with E-state index in [1.165, 1.54) is 17.3 Å². The molecule has 136 valence electrons. The van der Waals surface area contributed by atoms with Crippen molar-refractivity contribution in [3.63, 3.8) is 0 Å². The Bertz CT molecular complexity index is 910. The fraction of sp³-hybridized carbons (Fsp3) is 0.0476. The number of nitrogens with zero attached hydrogens (tertiary/aromatic N) is 2. The molecule has 0 heterocycles. The average molecular weight is 440 g/mol. The molecule has 0 aromatic heterocycles. The van der Waals surface area contributed by atoms with Gasteiger partial charge in [0.2, 0.25) is 0 Å². The third kappa shape index (κ3) is 6.58. The highest BCUT2D eigenvalue weighted by Crippen LogP contribution is 2.23. The maximum absolute atomic E-state index is 5.88. The largest absolute Gasteiger partial charge is 0.457 e. The zero-order valence-electron chi connectivity index (χ0n) is 14.5. The van der Waals surface area contributed by atoms with Gasteiger partial charge in [-0.1, -0.05) is 58.0 Å². The van der Waals surface area contributed by atoms with Gasteiger partial charge in [-0.05, 0) is 59.7 Å². The van der Waals surface area contributed by atoms with Gasteiger partial charge in [0.1, 0.15) is 11.5 Å². The molecule has 0 aliphatic carbocycles. The first kappa shape index (κ1) is 19.2. The van der Waals surface area contributed by atoms with E-state index >= 15 is 0 Å². The molecule has 3 aromatic rings. The van der Waals surface area contributed by atoms with Crippen molar-refractivity contribution in [1.29, 1.82) is 0 Å². The Balaban J connectivity index is 1.51. The number of amidine groups is 1. The minimum atomic E-state index is 0.435. The minimum absolute atomic E-state index is 0.435. The standard InChI is InChI=1S/C21H18BrN3OS/c22-18-8-12-20(13-9-18)26-19-10-6-16(7-11-19)14-24-25-21(23)27-15-17-4-2-1-3-5-17/h1-14H,15H2,(H2,23,25). The van der Waals surface area contributed by atoms with Crippen LogP contribution < -0.4 is 10.5 Å². The molecule has 0 fully saturated rings. The van der Waals surface area contributed by atoms with Crippen molar-refractivity contribution in [1.82, 2.24) is 0 Å². The van der Waals surface area contributed by atoms with Crippen LogP contribution in [0.15, 0.2) is 93.5 Å². The lowest BCUT2D eigenvalue weighted by molar-refractivity contribution is 0.482. The van der Waals surface area contributed by atoms with Gasteiger partial charge in [0.25, 0.3) is 0 Å². The van der Waals surface area contributed by atoms with E-state index in [1.54, 1.807) is 6.21 Å². The summed E-state index contributed by atoms with van der Waals surface area (Å²) >= 11 is 4.86. The van der Waals surface area contributed by atoms with Gasteiger partial charge in [-0.3, -0.25) is 0 Å². The monoisotopic (exact) mass is 439 g/mol. The number of ether oxygens (including phenoxy) is 1. The summed E-state index contributed by atoms with van der Waals surface area (Å²) in [5, 5.41) is 8.51. The Hall–Kier alpha value is -2.57. The zero-order chi connectivity index (χ0) is 18.9. The Morgan fingerprint density at radius 1 is 0.926 bits per heavy atom. The average Bonchev–Trinajstić information content (AvgIpc) is 2.70. The molecule has 27 heavy (non-hydrogen) atoms. The van der Waals surface area contributed by atoms with Gasteiger partial charge in [0.05, 0.1) is 6.21 Å². The van der Waals surface area contributed by atoms with Crippen molar-refractivity contribution in [3.05, 3.63) is 94.5 Å². The molecule has 2 N–H and O–H groups in total. The van der Waals surface area contributed by atoms with Crippen LogP contribution in [0.4, 0.5) is 0 Å². The van der Waals surface area contributed by atoms with Crippen LogP contribution in [0, 0.1) is 0 Å². The molecule has 0 aliphatic heterocycles. The van der Waals surface area contributed by atoms with Crippen molar-refractivity contribution in [2.75, 3.05) is 0 Å². The topological polar surface area (TPSA) is 60.0 Å². The van der Waals surface area contributed by atoms with Crippen molar-refractivity contribution >= 4 is 39.1 Å². The van der Waals surface area contributed by atoms with E-state index in [-0.39, 0.29) is 0 Å². The van der Waals surface area contributed by atoms with Crippen LogP contribution in [-0.2, 0) is 5.75 Å². The smallest absolute Gasteiger partial charge is 0.180 e. The van der Waals surface area contributed by atoms with Gasteiger partial charge in [-0.15, -0.1) is 5.10 Å². The number of rotatable bonds is 6. The third-order valence-corrected chi connectivity index (χ3v) is 4.91. The van der Waals surface area contributed by atoms with E-state index in [2.05, 4.69) is 38.3 Å². The van der Waals surface area contributed by atoms with E-state index in [9.17, 15) is 0 Å². The molecular weight excluding hydrogens is 422 g/mol. The summed E-state index contributed by atoms with van der Waals surface area (Å²) in [5.74, 6) is 2.32. The molecule has 0 aliphatic rings. The first-order valence-electron chi connectivity index (χ1n) is 8.26. The summed E-state index contributed by atoms with van der Waals surface area (Å²) in [5.41, 5.74) is 8.00. The lowest BCUT2D eigenvalue weighted by atomic mass is 10.2. The van der Waals surface area contributed by atoms with Crippen LogP contribution in [0.25, 0.3) is 0 Å². The molecule has 0 saturated heterocycles. The fourth-order valence-corrected chi connectivity index (χ4v) is 3.05. The number of halogens is 1. The summed E-state index contributed by atoms with van der Waals surface area (Å²) in [6.07, 6.45) is 1.67. The van der Waals surface area contributed by atoms with Gasteiger partial charge >= 0.3 is 0 Å². The summed E-state index contributed by atoms with van der Waals surface area (Å²) in [6, 6.07) is 25.4. The molecule has 0 saturated carbocycles. The molecule has 4 nitrogen and oxygen atoms in total. The van der Waals surface area contributed by atoms with E-state index < -0.39 is 0 Å². The maximum Gasteiger partial charge on any atom is 0.180 e. The van der Waals surface area contributed by atoms with Crippen LogP contribution in [0.5, 0.6) is 11.5 Å². The highest BCUT2D eigenvalue weighted by Gasteiger charge is 1.98. The maximum atomic E-state index is 5.88. The highest BCUT2D eigenvalue weighted by molar-refractivity contribution is 9.10. The van der Waals surface area contributed by atoms with Crippen molar-refractivity contribution < 1.29 is 4.74 Å². The van der Waals surface area contributed by atoms with Crippen LogP contribution in [0.2, 0.25) is 0 Å². The minimum Gasteiger partial charge on any atom is -0.457 e. The Kier molecular flexibility index (Phi) is 7.07. The summed E-state index contributed by atoms with van der Waals surface area (Å²) in [6.45, 7) is 0. The molecule has 3 aromatic carbocycles. The Labute approximate surface area is 171 Å². The third-order valence-electron chi connectivity index (χ3n) is 3.52. The second-order valence-corrected chi connectivity index (χ2v) is 7.49. The van der Waals surface area contributed by atoms with Crippen LogP contribution >= 0.6 is 27.7 Å². The van der Waals surface area contributed by atoms with E-state index in [4.69, 9.17) is 10.5 Å². The molecular formula is C21H18BrN3OS. The normalized spacial score (nSPS) is 11.7. The molecule has 0 spiro atoms. The molecule has 0 atom stereocenters. The molecule has 0 unspecified atom stereocenters. The number of thioether (sulfide) groups is 1. The van der Waals surface area contributed by atoms with E-state index in [0.29, 0.717) is 5.17 Å². The molecule has 0 radical (unpaired) electrons. The number of nitrogens with two attached hydrogens (primary N) is 1. The number of hydrogen-bond acceptors (Lipinski definition) is 4. The first-order chi connectivity index (χ1) is 13.2. The lowest BCUT2D eigenvalue weighted by Gasteiger charge is -2.05. The summed E-state index contributed by atoms with van der Waals surface area (Å²) in [4.78, 5) is 0. The second kappa shape index (κ2) is 9.94. The zero-order valence-corrected chi connectivity index (χ0v) is 16.9. The van der Waals surface area contributed by atoms with Crippen molar-refractivity contribution in [2.24, 2.45) is 15.9 Å². The van der Waals surface area contributed by atoms with Gasteiger partial charge in [0.15, 0.2) is 5.17 Å². The molecule has 3 rings (SSSR count). The quantitative estimate of drug-likeness (QED) is 0.298. The fourth-order valence-electron chi connectivity index (χ4n) is 2.17. The number of benzene rings is 3. The van der Waals surface area contributed by atoms with Crippen LogP contribution in [-0.4, -0.2) is 11.4 Å². The summed E-state index contributed by atoms with van der Waals surface area (Å²) < 4.78 is 6.81. The van der Waals surface area contributed by atoms with Crippen molar-refractivity contribution in [2.45, 2.75) is 5.75 Å². The lowest BCUT2D eigenvalue weighted by Crippen LogP contribution is -2.05.